The maximum absolute atomic E-state index is 5.90. The van der Waals surface area contributed by atoms with Crippen LogP contribution in [0.5, 0.6) is 5.75 Å². The molecule has 0 aliphatic rings. The summed E-state index contributed by atoms with van der Waals surface area (Å²) >= 11 is 0. The van der Waals surface area contributed by atoms with E-state index in [1.54, 1.807) is 7.11 Å². The minimum absolute atomic E-state index is 0.311. The van der Waals surface area contributed by atoms with E-state index in [0.29, 0.717) is 18.4 Å². The summed E-state index contributed by atoms with van der Waals surface area (Å²) in [6.45, 7) is 8.43. The number of benzene rings is 1. The molecule has 1 heterocycles. The van der Waals surface area contributed by atoms with Crippen molar-refractivity contribution in [1.29, 1.82) is 0 Å². The molecule has 1 aromatic heterocycles. The van der Waals surface area contributed by atoms with Gasteiger partial charge in [-0.3, -0.25) is 0 Å². The van der Waals surface area contributed by atoms with E-state index in [1.165, 1.54) is 5.56 Å². The highest BCUT2D eigenvalue weighted by Crippen LogP contribution is 2.28. The Balaban J connectivity index is 2.39. The summed E-state index contributed by atoms with van der Waals surface area (Å²) in [4.78, 5) is 8.86. The number of methoxy groups -OCH3 is 1. The first-order valence-electron chi connectivity index (χ1n) is 9.01. The second kappa shape index (κ2) is 8.70. The third-order valence-electron chi connectivity index (χ3n) is 4.51. The number of rotatable bonds is 8. The summed E-state index contributed by atoms with van der Waals surface area (Å²) < 4.78 is 5.56. The molecule has 0 aliphatic heterocycles. The van der Waals surface area contributed by atoms with Gasteiger partial charge in [-0.2, -0.15) is 4.98 Å². The fourth-order valence-corrected chi connectivity index (χ4v) is 3.06. The third-order valence-corrected chi connectivity index (χ3v) is 4.51. The van der Waals surface area contributed by atoms with Gasteiger partial charge in [0.1, 0.15) is 11.6 Å². The monoisotopic (exact) mass is 342 g/mol. The molecule has 0 saturated heterocycles. The minimum atomic E-state index is 0.311. The molecule has 0 bridgehead atoms. The van der Waals surface area contributed by atoms with Gasteiger partial charge in [-0.25, -0.2) is 4.98 Å². The highest BCUT2D eigenvalue weighted by Gasteiger charge is 2.16. The summed E-state index contributed by atoms with van der Waals surface area (Å²) in [5, 5.41) is 3.58. The second-order valence-electron chi connectivity index (χ2n) is 6.52. The van der Waals surface area contributed by atoms with Gasteiger partial charge < -0.3 is 15.8 Å². The number of nitrogens with one attached hydrogen (secondary N) is 1. The van der Waals surface area contributed by atoms with E-state index in [0.717, 1.165) is 47.7 Å². The molecule has 0 aliphatic carbocycles. The molecule has 25 heavy (non-hydrogen) atoms. The molecule has 2 aromatic rings. The third kappa shape index (κ3) is 4.84. The number of anilines is 2. The van der Waals surface area contributed by atoms with Gasteiger partial charge in [0.25, 0.3) is 0 Å². The SMILES string of the molecule is CCCC(CC)Nc1nc(N)nc(C)c1Cc1ccc(C)cc1OC. The second-order valence-corrected chi connectivity index (χ2v) is 6.52. The average molecular weight is 342 g/mol. The van der Waals surface area contributed by atoms with Crippen molar-refractivity contribution in [1.82, 2.24) is 9.97 Å². The summed E-state index contributed by atoms with van der Waals surface area (Å²) in [5.74, 6) is 2.04. The van der Waals surface area contributed by atoms with Crippen molar-refractivity contribution in [3.05, 3.63) is 40.6 Å². The van der Waals surface area contributed by atoms with Crippen LogP contribution in [0.4, 0.5) is 11.8 Å². The Morgan fingerprint density at radius 3 is 2.60 bits per heavy atom. The van der Waals surface area contributed by atoms with Crippen LogP contribution >= 0.6 is 0 Å². The first-order valence-corrected chi connectivity index (χ1v) is 9.01. The van der Waals surface area contributed by atoms with Crippen LogP contribution in [-0.2, 0) is 6.42 Å². The molecule has 2 rings (SSSR count). The van der Waals surface area contributed by atoms with Gasteiger partial charge in [0, 0.05) is 23.7 Å². The molecule has 0 fully saturated rings. The molecule has 1 atom stereocenters. The molecular formula is C20H30N4O. The lowest BCUT2D eigenvalue weighted by Gasteiger charge is -2.21. The molecule has 3 N–H and O–H groups in total. The molecule has 0 radical (unpaired) electrons. The molecule has 5 heteroatoms. The lowest BCUT2D eigenvalue weighted by atomic mass is 10.0. The van der Waals surface area contributed by atoms with Crippen LogP contribution in [0.15, 0.2) is 18.2 Å². The van der Waals surface area contributed by atoms with E-state index < -0.39 is 0 Å². The summed E-state index contributed by atoms with van der Waals surface area (Å²) in [7, 11) is 1.71. The van der Waals surface area contributed by atoms with Crippen molar-refractivity contribution in [3.8, 4) is 5.75 Å². The van der Waals surface area contributed by atoms with Crippen LogP contribution in [0.1, 0.15) is 55.5 Å². The van der Waals surface area contributed by atoms with Crippen LogP contribution in [0.3, 0.4) is 0 Å². The van der Waals surface area contributed by atoms with E-state index in [-0.39, 0.29) is 0 Å². The summed E-state index contributed by atoms with van der Waals surface area (Å²) in [6.07, 6.45) is 3.99. The molecule has 0 amide bonds. The Morgan fingerprint density at radius 1 is 1.20 bits per heavy atom. The number of hydrogen-bond acceptors (Lipinski definition) is 5. The number of hydrogen-bond donors (Lipinski definition) is 2. The maximum atomic E-state index is 5.90. The highest BCUT2D eigenvalue weighted by molar-refractivity contribution is 5.53. The first kappa shape index (κ1) is 19.0. The van der Waals surface area contributed by atoms with E-state index in [2.05, 4.69) is 54.3 Å². The maximum Gasteiger partial charge on any atom is 0.222 e. The Labute approximate surface area is 151 Å². The molecule has 5 nitrogen and oxygen atoms in total. The van der Waals surface area contributed by atoms with Crippen molar-refractivity contribution >= 4 is 11.8 Å². The normalized spacial score (nSPS) is 12.0. The van der Waals surface area contributed by atoms with Gasteiger partial charge in [-0.15, -0.1) is 0 Å². The largest absolute Gasteiger partial charge is 0.496 e. The predicted molar refractivity (Wildman–Crippen MR) is 104 cm³/mol. The smallest absolute Gasteiger partial charge is 0.222 e. The van der Waals surface area contributed by atoms with E-state index in [9.17, 15) is 0 Å². The lowest BCUT2D eigenvalue weighted by molar-refractivity contribution is 0.410. The average Bonchev–Trinajstić information content (AvgIpc) is 2.58. The number of aromatic nitrogens is 2. The van der Waals surface area contributed by atoms with Crippen molar-refractivity contribution < 1.29 is 4.74 Å². The predicted octanol–water partition coefficient (Wildman–Crippen LogP) is 4.27. The Hall–Kier alpha value is -2.30. The molecular weight excluding hydrogens is 312 g/mol. The van der Waals surface area contributed by atoms with E-state index >= 15 is 0 Å². The van der Waals surface area contributed by atoms with Gasteiger partial charge in [-0.05, 0) is 43.9 Å². The molecule has 0 saturated carbocycles. The zero-order valence-electron chi connectivity index (χ0n) is 16.0. The number of nitrogens with zero attached hydrogens (tertiary/aromatic N) is 2. The van der Waals surface area contributed by atoms with Gasteiger partial charge in [-0.1, -0.05) is 32.4 Å². The van der Waals surface area contributed by atoms with Crippen LogP contribution in [-0.4, -0.2) is 23.1 Å². The van der Waals surface area contributed by atoms with E-state index in [1.807, 2.05) is 6.92 Å². The molecule has 136 valence electrons. The topological polar surface area (TPSA) is 73.1 Å². The zero-order chi connectivity index (χ0) is 18.4. The van der Waals surface area contributed by atoms with Crippen molar-refractivity contribution in [3.63, 3.8) is 0 Å². The summed E-state index contributed by atoms with van der Waals surface area (Å²) in [5.41, 5.74) is 10.2. The minimum Gasteiger partial charge on any atom is -0.496 e. The molecule has 0 spiro atoms. The van der Waals surface area contributed by atoms with Crippen LogP contribution in [0, 0.1) is 13.8 Å². The Morgan fingerprint density at radius 2 is 1.96 bits per heavy atom. The zero-order valence-corrected chi connectivity index (χ0v) is 16.0. The molecule has 1 unspecified atom stereocenters. The molecule has 1 aromatic carbocycles. The fourth-order valence-electron chi connectivity index (χ4n) is 3.06. The van der Waals surface area contributed by atoms with Crippen molar-refractivity contribution in [2.75, 3.05) is 18.2 Å². The van der Waals surface area contributed by atoms with E-state index in [4.69, 9.17) is 10.5 Å². The van der Waals surface area contributed by atoms with Gasteiger partial charge in [0.2, 0.25) is 5.95 Å². The Kier molecular flexibility index (Phi) is 6.62. The lowest BCUT2D eigenvalue weighted by Crippen LogP contribution is -2.21. The van der Waals surface area contributed by atoms with Crippen molar-refractivity contribution in [2.45, 2.75) is 59.4 Å². The van der Waals surface area contributed by atoms with Gasteiger partial charge in [0.15, 0.2) is 0 Å². The number of aryl methyl sites for hydroxylation is 2. The Bertz CT molecular complexity index is 715. The quantitative estimate of drug-likeness (QED) is 0.749. The first-order chi connectivity index (χ1) is 12.0. The van der Waals surface area contributed by atoms with Crippen LogP contribution < -0.4 is 15.8 Å². The van der Waals surface area contributed by atoms with Crippen LogP contribution in [0.2, 0.25) is 0 Å². The van der Waals surface area contributed by atoms with Gasteiger partial charge >= 0.3 is 0 Å². The highest BCUT2D eigenvalue weighted by atomic mass is 16.5. The standard InChI is InChI=1S/C20H30N4O/c1-6-8-16(7-2)23-19-17(14(4)22-20(21)24-19)12-15-10-9-13(3)11-18(15)25-5/h9-11,16H,6-8,12H2,1-5H3,(H3,21,22,23,24). The van der Waals surface area contributed by atoms with Crippen molar-refractivity contribution in [2.24, 2.45) is 0 Å². The van der Waals surface area contributed by atoms with Gasteiger partial charge in [0.05, 0.1) is 7.11 Å². The number of nitrogen functional groups attached to an aromatic ring is 1. The van der Waals surface area contributed by atoms with Crippen LogP contribution in [0.25, 0.3) is 0 Å². The number of ether oxygens (including phenoxy) is 1. The number of nitrogens with two attached hydrogens (primary N) is 1. The fraction of sp³-hybridized carbons (Fsp3) is 0.500. The summed E-state index contributed by atoms with van der Waals surface area (Å²) in [6, 6.07) is 6.65.